The molecule has 5 nitrogen and oxygen atoms in total. The van der Waals surface area contributed by atoms with Gasteiger partial charge in [0.1, 0.15) is 5.82 Å². The van der Waals surface area contributed by atoms with Crippen molar-refractivity contribution in [2.24, 2.45) is 0 Å². The summed E-state index contributed by atoms with van der Waals surface area (Å²) < 4.78 is 0. The fourth-order valence-electron chi connectivity index (χ4n) is 5.97. The molecule has 0 radical (unpaired) electrons. The molecule has 0 amide bonds. The molecular formula is C30H45N3O2. The van der Waals surface area contributed by atoms with E-state index in [-0.39, 0.29) is 24.0 Å². The van der Waals surface area contributed by atoms with Gasteiger partial charge in [0.05, 0.1) is 5.69 Å². The van der Waals surface area contributed by atoms with Gasteiger partial charge in [0, 0.05) is 51.0 Å². The molecule has 0 bridgehead atoms. The number of unbranched alkanes of at least 4 members (excludes halogenated alkanes) is 1. The van der Waals surface area contributed by atoms with Crippen LogP contribution in [0.2, 0.25) is 0 Å². The first-order valence-corrected chi connectivity index (χ1v) is 13.6. The van der Waals surface area contributed by atoms with Gasteiger partial charge in [-0.2, -0.15) is 0 Å². The lowest BCUT2D eigenvalue weighted by atomic mass is 9.63. The molecule has 1 atom stereocenters. The van der Waals surface area contributed by atoms with Crippen molar-refractivity contribution in [1.29, 1.82) is 0 Å². The van der Waals surface area contributed by atoms with E-state index in [1.165, 1.54) is 29.5 Å². The van der Waals surface area contributed by atoms with Gasteiger partial charge in [-0.3, -0.25) is 4.90 Å². The van der Waals surface area contributed by atoms with Gasteiger partial charge in [0.2, 0.25) is 0 Å². The second-order valence-electron chi connectivity index (χ2n) is 11.8. The number of hydrogen-bond donors (Lipinski definition) is 2. The van der Waals surface area contributed by atoms with Crippen LogP contribution in [0.3, 0.4) is 0 Å². The summed E-state index contributed by atoms with van der Waals surface area (Å²) in [5.41, 5.74) is 5.64. The zero-order chi connectivity index (χ0) is 25.1. The summed E-state index contributed by atoms with van der Waals surface area (Å²) in [6, 6.07) is 13.8. The quantitative estimate of drug-likeness (QED) is 0.488. The minimum atomic E-state index is 0.192. The van der Waals surface area contributed by atoms with Crippen LogP contribution in [0.4, 0.5) is 5.82 Å². The molecule has 2 N–H and O–H groups in total. The number of fused-ring (bicyclic) bond motifs is 1. The van der Waals surface area contributed by atoms with Crippen molar-refractivity contribution in [3.8, 4) is 11.3 Å². The minimum absolute atomic E-state index is 0.192. The van der Waals surface area contributed by atoms with E-state index in [0.717, 1.165) is 63.4 Å². The summed E-state index contributed by atoms with van der Waals surface area (Å²) >= 11 is 0. The Hall–Kier alpha value is -1.95. The Balaban J connectivity index is 1.48. The van der Waals surface area contributed by atoms with E-state index in [4.69, 9.17) is 10.1 Å². The normalized spacial score (nSPS) is 20.5. The summed E-state index contributed by atoms with van der Waals surface area (Å²) in [7, 11) is 0. The highest BCUT2D eigenvalue weighted by molar-refractivity contribution is 5.65. The van der Waals surface area contributed by atoms with Gasteiger partial charge in [-0.15, -0.1) is 0 Å². The predicted octanol–water partition coefficient (Wildman–Crippen LogP) is 5.13. The topological polar surface area (TPSA) is 59.8 Å². The molecule has 2 heterocycles. The van der Waals surface area contributed by atoms with Crippen LogP contribution >= 0.6 is 0 Å². The third-order valence-corrected chi connectivity index (χ3v) is 8.45. The zero-order valence-electron chi connectivity index (χ0n) is 22.3. The summed E-state index contributed by atoms with van der Waals surface area (Å²) in [4.78, 5) is 10.0. The number of hydrogen-bond acceptors (Lipinski definition) is 5. The van der Waals surface area contributed by atoms with Gasteiger partial charge in [0.25, 0.3) is 0 Å². The summed E-state index contributed by atoms with van der Waals surface area (Å²) in [6.07, 6.45) is 6.15. The van der Waals surface area contributed by atoms with E-state index in [2.05, 4.69) is 73.9 Å². The molecule has 35 heavy (non-hydrogen) atoms. The molecule has 5 heteroatoms. The maximum Gasteiger partial charge on any atom is 0.129 e. The maximum atomic E-state index is 9.53. The average molecular weight is 480 g/mol. The lowest BCUT2D eigenvalue weighted by molar-refractivity contribution is 0.137. The number of piperazine rings is 1. The SMILES string of the molecule is CC1(C)CCC(C)(C)c2cc(-c3cccc(N4CCN(C(CCO)CCCCO)CC4)n3)ccc21. The van der Waals surface area contributed by atoms with Crippen LogP contribution in [0.25, 0.3) is 11.3 Å². The molecule has 1 unspecified atom stereocenters. The van der Waals surface area contributed by atoms with Crippen molar-refractivity contribution < 1.29 is 10.2 Å². The van der Waals surface area contributed by atoms with Crippen LogP contribution < -0.4 is 4.90 Å². The van der Waals surface area contributed by atoms with E-state index in [0.29, 0.717) is 6.04 Å². The molecule has 2 aromatic rings. The summed E-state index contributed by atoms with van der Waals surface area (Å²) in [5.74, 6) is 1.05. The first-order valence-electron chi connectivity index (χ1n) is 13.6. The number of pyridine rings is 1. The molecule has 1 aliphatic heterocycles. The highest BCUT2D eigenvalue weighted by Gasteiger charge is 2.37. The van der Waals surface area contributed by atoms with Crippen molar-refractivity contribution in [3.05, 3.63) is 47.5 Å². The molecule has 1 fully saturated rings. The Labute approximate surface area is 212 Å². The molecule has 1 aliphatic carbocycles. The van der Waals surface area contributed by atoms with E-state index in [1.807, 2.05) is 0 Å². The van der Waals surface area contributed by atoms with Gasteiger partial charge in [-0.25, -0.2) is 4.98 Å². The average Bonchev–Trinajstić information content (AvgIpc) is 2.86. The molecule has 192 valence electrons. The van der Waals surface area contributed by atoms with E-state index >= 15 is 0 Å². The standard InChI is InChI=1S/C30H45N3O2/c1-29(2)14-15-30(3,4)26-22-23(11-12-25(26)29)27-9-7-10-28(31-27)33-18-16-32(17-19-33)24(13-21-35)8-5-6-20-34/h7,9-12,22,24,34-35H,5-6,8,13-21H2,1-4H3. The van der Waals surface area contributed by atoms with E-state index in [9.17, 15) is 5.11 Å². The van der Waals surface area contributed by atoms with Crippen LogP contribution in [0.5, 0.6) is 0 Å². The van der Waals surface area contributed by atoms with Crippen LogP contribution in [-0.2, 0) is 10.8 Å². The Kier molecular flexibility index (Phi) is 8.19. The minimum Gasteiger partial charge on any atom is -0.396 e. The molecule has 4 rings (SSSR count). The predicted molar refractivity (Wildman–Crippen MR) is 145 cm³/mol. The maximum absolute atomic E-state index is 9.53. The Morgan fingerprint density at radius 1 is 0.829 bits per heavy atom. The molecular weight excluding hydrogens is 434 g/mol. The largest absolute Gasteiger partial charge is 0.396 e. The fourth-order valence-corrected chi connectivity index (χ4v) is 5.97. The van der Waals surface area contributed by atoms with E-state index < -0.39 is 0 Å². The summed E-state index contributed by atoms with van der Waals surface area (Å²) in [6.45, 7) is 13.8. The van der Waals surface area contributed by atoms with Crippen molar-refractivity contribution in [2.75, 3.05) is 44.3 Å². The molecule has 0 saturated carbocycles. The highest BCUT2D eigenvalue weighted by atomic mass is 16.3. The third-order valence-electron chi connectivity index (χ3n) is 8.45. The van der Waals surface area contributed by atoms with Crippen molar-refractivity contribution >= 4 is 5.82 Å². The fraction of sp³-hybridized carbons (Fsp3) is 0.633. The molecule has 1 aromatic heterocycles. The van der Waals surface area contributed by atoms with Gasteiger partial charge in [-0.05, 0) is 78.7 Å². The monoisotopic (exact) mass is 479 g/mol. The zero-order valence-corrected chi connectivity index (χ0v) is 22.3. The molecule has 1 aromatic carbocycles. The van der Waals surface area contributed by atoms with Crippen LogP contribution in [0, 0.1) is 0 Å². The first kappa shape index (κ1) is 26.1. The smallest absolute Gasteiger partial charge is 0.129 e. The first-order chi connectivity index (χ1) is 16.7. The highest BCUT2D eigenvalue weighted by Crippen LogP contribution is 2.46. The van der Waals surface area contributed by atoms with Crippen LogP contribution in [-0.4, -0.2) is 65.5 Å². The molecule has 1 saturated heterocycles. The third kappa shape index (κ3) is 5.90. The van der Waals surface area contributed by atoms with Crippen molar-refractivity contribution in [1.82, 2.24) is 9.88 Å². The number of anilines is 1. The second-order valence-corrected chi connectivity index (χ2v) is 11.8. The Morgan fingerprint density at radius 2 is 1.54 bits per heavy atom. The van der Waals surface area contributed by atoms with Crippen LogP contribution in [0.1, 0.15) is 77.3 Å². The number of aliphatic hydroxyl groups is 2. The van der Waals surface area contributed by atoms with E-state index in [1.54, 1.807) is 0 Å². The van der Waals surface area contributed by atoms with Crippen molar-refractivity contribution in [3.63, 3.8) is 0 Å². The molecule has 0 spiro atoms. The van der Waals surface area contributed by atoms with Crippen molar-refractivity contribution in [2.45, 2.75) is 83.1 Å². The number of rotatable bonds is 9. The van der Waals surface area contributed by atoms with Crippen LogP contribution in [0.15, 0.2) is 36.4 Å². The lowest BCUT2D eigenvalue weighted by Crippen LogP contribution is -2.50. The molecule has 2 aliphatic rings. The lowest BCUT2D eigenvalue weighted by Gasteiger charge is -2.42. The second kappa shape index (κ2) is 11.0. The Bertz CT molecular complexity index is 979. The van der Waals surface area contributed by atoms with Gasteiger partial charge < -0.3 is 15.1 Å². The number of aromatic nitrogens is 1. The number of benzene rings is 1. The van der Waals surface area contributed by atoms with Gasteiger partial charge in [-0.1, -0.05) is 45.9 Å². The number of aliphatic hydroxyl groups excluding tert-OH is 2. The summed E-state index contributed by atoms with van der Waals surface area (Å²) in [5, 5.41) is 18.6. The van der Waals surface area contributed by atoms with Gasteiger partial charge >= 0.3 is 0 Å². The van der Waals surface area contributed by atoms with Gasteiger partial charge in [0.15, 0.2) is 0 Å². The number of nitrogens with zero attached hydrogens (tertiary/aromatic N) is 3. The Morgan fingerprint density at radius 3 is 2.23 bits per heavy atom.